The first-order chi connectivity index (χ1) is 3.72. The Morgan fingerprint density at radius 2 is 2.50 bits per heavy atom. The van der Waals surface area contributed by atoms with Gasteiger partial charge < -0.3 is 11.1 Å². The first-order valence-electron chi connectivity index (χ1n) is 2.31. The zero-order valence-corrected chi connectivity index (χ0v) is 4.85. The topological polar surface area (TPSA) is 55.1 Å². The van der Waals surface area contributed by atoms with Crippen LogP contribution in [-0.2, 0) is 4.79 Å². The number of carbonyl (C=O) groups excluding carboxylic acids is 1. The summed E-state index contributed by atoms with van der Waals surface area (Å²) in [6.45, 7) is 3.39. The van der Waals surface area contributed by atoms with E-state index in [2.05, 4.69) is 11.9 Å². The van der Waals surface area contributed by atoms with Crippen molar-refractivity contribution in [3.63, 3.8) is 0 Å². The average molecular weight is 114 g/mol. The molecule has 46 valence electrons. The third-order valence-corrected chi connectivity index (χ3v) is 0.853. The van der Waals surface area contributed by atoms with Crippen LogP contribution in [-0.4, -0.2) is 19.0 Å². The second-order valence-electron chi connectivity index (χ2n) is 1.40. The highest BCUT2D eigenvalue weighted by molar-refractivity contribution is 5.81. The Bertz CT molecular complexity index is 101. The van der Waals surface area contributed by atoms with Crippen molar-refractivity contribution in [2.45, 2.75) is 6.04 Å². The van der Waals surface area contributed by atoms with Crippen LogP contribution in [0.2, 0.25) is 0 Å². The molecule has 3 heteroatoms. The molecule has 8 heavy (non-hydrogen) atoms. The fraction of sp³-hybridized carbons (Fsp3) is 0.400. The van der Waals surface area contributed by atoms with E-state index in [1.165, 1.54) is 6.08 Å². The van der Waals surface area contributed by atoms with E-state index in [0.29, 0.717) is 0 Å². The fourth-order valence-electron chi connectivity index (χ4n) is 0.376. The van der Waals surface area contributed by atoms with Crippen LogP contribution in [0.1, 0.15) is 0 Å². The fourth-order valence-corrected chi connectivity index (χ4v) is 0.376. The highest BCUT2D eigenvalue weighted by Gasteiger charge is 2.04. The van der Waals surface area contributed by atoms with Gasteiger partial charge >= 0.3 is 0 Å². The summed E-state index contributed by atoms with van der Waals surface area (Å²) in [5, 5.41) is 2.66. The van der Waals surface area contributed by atoms with Gasteiger partial charge in [-0.25, -0.2) is 0 Å². The summed E-state index contributed by atoms with van der Waals surface area (Å²) < 4.78 is 0. The SMILES string of the molecule is C=CC(NC)C(N)=O. The van der Waals surface area contributed by atoms with Gasteiger partial charge in [-0.1, -0.05) is 6.08 Å². The summed E-state index contributed by atoms with van der Waals surface area (Å²) >= 11 is 0. The maximum atomic E-state index is 10.3. The smallest absolute Gasteiger partial charge is 0.238 e. The Labute approximate surface area is 48.6 Å². The predicted molar refractivity (Wildman–Crippen MR) is 32.2 cm³/mol. The number of nitrogens with one attached hydrogen (secondary N) is 1. The van der Waals surface area contributed by atoms with Crippen LogP contribution >= 0.6 is 0 Å². The number of nitrogens with two attached hydrogens (primary N) is 1. The minimum atomic E-state index is -0.400. The van der Waals surface area contributed by atoms with E-state index >= 15 is 0 Å². The van der Waals surface area contributed by atoms with Gasteiger partial charge in [-0.2, -0.15) is 0 Å². The van der Waals surface area contributed by atoms with Crippen molar-refractivity contribution in [1.29, 1.82) is 0 Å². The molecule has 0 rings (SSSR count). The largest absolute Gasteiger partial charge is 0.368 e. The number of hydrogen-bond donors (Lipinski definition) is 2. The van der Waals surface area contributed by atoms with E-state index in [1.807, 2.05) is 0 Å². The molecule has 0 aliphatic heterocycles. The van der Waals surface area contributed by atoms with E-state index in [4.69, 9.17) is 5.73 Å². The Morgan fingerprint density at radius 1 is 2.00 bits per heavy atom. The summed E-state index contributed by atoms with van der Waals surface area (Å²) in [7, 11) is 1.65. The van der Waals surface area contributed by atoms with Crippen LogP contribution < -0.4 is 11.1 Å². The lowest BCUT2D eigenvalue weighted by atomic mass is 10.3. The lowest BCUT2D eigenvalue weighted by Crippen LogP contribution is -2.37. The van der Waals surface area contributed by atoms with Crippen molar-refractivity contribution < 1.29 is 4.79 Å². The van der Waals surface area contributed by atoms with Gasteiger partial charge in [0, 0.05) is 0 Å². The molecule has 0 spiro atoms. The normalized spacial score (nSPS) is 12.6. The molecule has 3 nitrogen and oxygen atoms in total. The Kier molecular flexibility index (Phi) is 2.88. The van der Waals surface area contributed by atoms with Gasteiger partial charge in [0.1, 0.15) is 6.04 Å². The number of amides is 1. The molecule has 0 aromatic heterocycles. The van der Waals surface area contributed by atoms with Crippen LogP contribution in [0, 0.1) is 0 Å². The van der Waals surface area contributed by atoms with E-state index in [9.17, 15) is 4.79 Å². The molecule has 1 amide bonds. The maximum Gasteiger partial charge on any atom is 0.238 e. The zero-order chi connectivity index (χ0) is 6.57. The van der Waals surface area contributed by atoms with Crippen LogP contribution in [0.25, 0.3) is 0 Å². The maximum absolute atomic E-state index is 10.3. The molecule has 0 aromatic carbocycles. The molecule has 0 aliphatic rings. The summed E-state index contributed by atoms with van der Waals surface area (Å²) in [6, 6.07) is -0.394. The molecule has 0 radical (unpaired) electrons. The van der Waals surface area contributed by atoms with Crippen molar-refractivity contribution in [3.05, 3.63) is 12.7 Å². The quantitative estimate of drug-likeness (QED) is 0.474. The van der Waals surface area contributed by atoms with Crippen molar-refractivity contribution in [3.8, 4) is 0 Å². The number of carbonyl (C=O) groups is 1. The highest BCUT2D eigenvalue weighted by Crippen LogP contribution is 1.77. The molecule has 0 fully saturated rings. The summed E-state index contributed by atoms with van der Waals surface area (Å²) in [4.78, 5) is 10.3. The Hall–Kier alpha value is -0.830. The van der Waals surface area contributed by atoms with Crippen molar-refractivity contribution in [2.24, 2.45) is 5.73 Å². The van der Waals surface area contributed by atoms with Gasteiger partial charge in [-0.15, -0.1) is 6.58 Å². The van der Waals surface area contributed by atoms with Crippen LogP contribution in [0.4, 0.5) is 0 Å². The molecule has 0 bridgehead atoms. The third kappa shape index (κ3) is 1.75. The molecule has 0 aliphatic carbocycles. The lowest BCUT2D eigenvalue weighted by molar-refractivity contribution is -0.118. The minimum absolute atomic E-state index is 0.394. The van der Waals surface area contributed by atoms with E-state index < -0.39 is 11.9 Å². The van der Waals surface area contributed by atoms with Crippen molar-refractivity contribution in [1.82, 2.24) is 5.32 Å². The molecule has 1 atom stereocenters. The van der Waals surface area contributed by atoms with E-state index in [0.717, 1.165) is 0 Å². The molecule has 1 unspecified atom stereocenters. The summed E-state index contributed by atoms with van der Waals surface area (Å²) in [5.74, 6) is -0.400. The number of hydrogen-bond acceptors (Lipinski definition) is 2. The van der Waals surface area contributed by atoms with Crippen LogP contribution in [0.15, 0.2) is 12.7 Å². The molecule has 0 saturated carbocycles. The van der Waals surface area contributed by atoms with Crippen LogP contribution in [0.3, 0.4) is 0 Å². The lowest BCUT2D eigenvalue weighted by Gasteiger charge is -2.03. The van der Waals surface area contributed by atoms with E-state index in [1.54, 1.807) is 7.05 Å². The molecule has 0 aromatic rings. The van der Waals surface area contributed by atoms with Gasteiger partial charge in [0.15, 0.2) is 0 Å². The molecule has 0 saturated heterocycles. The van der Waals surface area contributed by atoms with Gasteiger partial charge in [0.25, 0.3) is 0 Å². The zero-order valence-electron chi connectivity index (χ0n) is 4.85. The minimum Gasteiger partial charge on any atom is -0.368 e. The number of rotatable bonds is 3. The van der Waals surface area contributed by atoms with Crippen LogP contribution in [0.5, 0.6) is 0 Å². The second kappa shape index (κ2) is 3.21. The first kappa shape index (κ1) is 7.17. The van der Waals surface area contributed by atoms with Crippen molar-refractivity contribution >= 4 is 5.91 Å². The van der Waals surface area contributed by atoms with Gasteiger partial charge in [0.05, 0.1) is 0 Å². The third-order valence-electron chi connectivity index (χ3n) is 0.853. The molecule has 0 heterocycles. The number of likely N-dealkylation sites (N-methyl/N-ethyl adjacent to an activating group) is 1. The van der Waals surface area contributed by atoms with Gasteiger partial charge in [-0.3, -0.25) is 4.79 Å². The first-order valence-corrected chi connectivity index (χ1v) is 2.31. The second-order valence-corrected chi connectivity index (χ2v) is 1.40. The highest BCUT2D eigenvalue weighted by atomic mass is 16.1. The molecular formula is C5H10N2O. The van der Waals surface area contributed by atoms with Gasteiger partial charge in [0.2, 0.25) is 5.91 Å². The molecule has 3 N–H and O–H groups in total. The number of primary amides is 1. The van der Waals surface area contributed by atoms with Gasteiger partial charge in [-0.05, 0) is 7.05 Å². The summed E-state index contributed by atoms with van der Waals surface area (Å²) in [6.07, 6.45) is 1.46. The summed E-state index contributed by atoms with van der Waals surface area (Å²) in [5.41, 5.74) is 4.89. The standard InChI is InChI=1S/C5H10N2O/c1-3-4(7-2)5(6)8/h3-4,7H,1H2,2H3,(H2,6,8). The molecular weight excluding hydrogens is 104 g/mol. The Balaban J connectivity index is 3.69. The Morgan fingerprint density at radius 3 is 2.50 bits per heavy atom. The predicted octanol–water partition coefficient (Wildman–Crippen LogP) is -0.754. The average Bonchev–Trinajstić information content (AvgIpc) is 1.69. The van der Waals surface area contributed by atoms with Crippen molar-refractivity contribution in [2.75, 3.05) is 7.05 Å². The monoisotopic (exact) mass is 114 g/mol. The van der Waals surface area contributed by atoms with E-state index in [-0.39, 0.29) is 0 Å².